The van der Waals surface area contributed by atoms with Gasteiger partial charge < -0.3 is 11.1 Å². The zero-order valence-corrected chi connectivity index (χ0v) is 11.4. The number of anilines is 2. The predicted octanol–water partition coefficient (Wildman–Crippen LogP) is 3.75. The summed E-state index contributed by atoms with van der Waals surface area (Å²) in [7, 11) is 0. The van der Waals surface area contributed by atoms with Crippen LogP contribution >= 0.6 is 38.9 Å². The maximum Gasteiger partial charge on any atom is 0.151 e. The molecule has 0 aliphatic carbocycles. The van der Waals surface area contributed by atoms with Crippen molar-refractivity contribution in [2.24, 2.45) is 0 Å². The van der Waals surface area contributed by atoms with Crippen LogP contribution in [0.4, 0.5) is 11.5 Å². The molecule has 0 unspecified atom stereocenters. The molecule has 3 nitrogen and oxygen atoms in total. The first-order chi connectivity index (χ1) is 7.66. The second-order valence-corrected chi connectivity index (χ2v) is 5.36. The van der Waals surface area contributed by atoms with E-state index in [-0.39, 0.29) is 0 Å². The van der Waals surface area contributed by atoms with Crippen molar-refractivity contribution < 1.29 is 0 Å². The molecule has 2 heterocycles. The minimum absolute atomic E-state index is 0.432. The Kier molecular flexibility index (Phi) is 3.68. The van der Waals surface area contributed by atoms with E-state index in [2.05, 4.69) is 26.2 Å². The standard InChI is InChI=1S/C10H9BrClN3S/c11-6-3-4-16-8(6)5-14-10-7(13)1-2-9(12)15-10/h1-4H,5,13H2,(H,14,15). The van der Waals surface area contributed by atoms with Crippen LogP contribution in [0.15, 0.2) is 28.1 Å². The SMILES string of the molecule is Nc1ccc(Cl)nc1NCc1sccc1Br. The molecule has 84 valence electrons. The van der Waals surface area contributed by atoms with Crippen molar-refractivity contribution in [2.75, 3.05) is 11.1 Å². The Morgan fingerprint density at radius 2 is 2.25 bits per heavy atom. The van der Waals surface area contributed by atoms with E-state index in [0.29, 0.717) is 23.2 Å². The van der Waals surface area contributed by atoms with E-state index < -0.39 is 0 Å². The summed E-state index contributed by atoms with van der Waals surface area (Å²) in [6.07, 6.45) is 0. The molecular weight excluding hydrogens is 310 g/mol. The lowest BCUT2D eigenvalue weighted by Gasteiger charge is -2.07. The highest BCUT2D eigenvalue weighted by atomic mass is 79.9. The molecule has 2 rings (SSSR count). The van der Waals surface area contributed by atoms with Gasteiger partial charge in [-0.15, -0.1) is 11.3 Å². The molecule has 0 aliphatic heterocycles. The highest BCUT2D eigenvalue weighted by Crippen LogP contribution is 2.25. The number of nitrogens with zero attached hydrogens (tertiary/aromatic N) is 1. The number of halogens is 2. The fourth-order valence-electron chi connectivity index (χ4n) is 1.20. The van der Waals surface area contributed by atoms with Crippen LogP contribution in [-0.4, -0.2) is 4.98 Å². The van der Waals surface area contributed by atoms with Crippen LogP contribution in [0.5, 0.6) is 0 Å². The van der Waals surface area contributed by atoms with Gasteiger partial charge in [0.25, 0.3) is 0 Å². The second kappa shape index (κ2) is 5.03. The van der Waals surface area contributed by atoms with Gasteiger partial charge in [-0.1, -0.05) is 11.6 Å². The Bertz CT molecular complexity index is 501. The third-order valence-electron chi connectivity index (χ3n) is 2.00. The molecule has 0 atom stereocenters. The summed E-state index contributed by atoms with van der Waals surface area (Å²) >= 11 is 10.9. The van der Waals surface area contributed by atoms with Crippen molar-refractivity contribution in [2.45, 2.75) is 6.54 Å². The lowest BCUT2D eigenvalue weighted by atomic mass is 10.4. The lowest BCUT2D eigenvalue weighted by molar-refractivity contribution is 1.14. The van der Waals surface area contributed by atoms with Gasteiger partial charge in [0, 0.05) is 9.35 Å². The Morgan fingerprint density at radius 3 is 2.94 bits per heavy atom. The van der Waals surface area contributed by atoms with E-state index in [0.717, 1.165) is 4.47 Å². The number of thiophene rings is 1. The van der Waals surface area contributed by atoms with Crippen LogP contribution in [0.1, 0.15) is 4.88 Å². The average Bonchev–Trinajstić information content (AvgIpc) is 2.66. The molecule has 3 N–H and O–H groups in total. The lowest BCUT2D eigenvalue weighted by Crippen LogP contribution is -2.03. The van der Waals surface area contributed by atoms with Gasteiger partial charge >= 0.3 is 0 Å². The number of hydrogen-bond acceptors (Lipinski definition) is 4. The highest BCUT2D eigenvalue weighted by Gasteiger charge is 2.04. The summed E-state index contributed by atoms with van der Waals surface area (Å²) in [6, 6.07) is 5.42. The molecule has 0 radical (unpaired) electrons. The van der Waals surface area contributed by atoms with Crippen LogP contribution in [0.3, 0.4) is 0 Å². The van der Waals surface area contributed by atoms with E-state index >= 15 is 0 Å². The largest absolute Gasteiger partial charge is 0.396 e. The van der Waals surface area contributed by atoms with Crippen LogP contribution in [0.25, 0.3) is 0 Å². The minimum Gasteiger partial charge on any atom is -0.396 e. The molecule has 0 aliphatic rings. The Labute approximate surface area is 111 Å². The van der Waals surface area contributed by atoms with Crippen LogP contribution in [0.2, 0.25) is 5.15 Å². The normalized spacial score (nSPS) is 10.4. The first-order valence-corrected chi connectivity index (χ1v) is 6.59. The molecule has 0 saturated carbocycles. The topological polar surface area (TPSA) is 50.9 Å². The predicted molar refractivity (Wildman–Crippen MR) is 73.0 cm³/mol. The van der Waals surface area contributed by atoms with E-state index in [9.17, 15) is 0 Å². The Hall–Kier alpha value is -0.780. The van der Waals surface area contributed by atoms with Crippen LogP contribution in [0, 0.1) is 0 Å². The molecule has 2 aromatic heterocycles. The van der Waals surface area contributed by atoms with Gasteiger partial charge in [-0.3, -0.25) is 0 Å². The zero-order chi connectivity index (χ0) is 11.5. The molecule has 6 heteroatoms. The quantitative estimate of drug-likeness (QED) is 0.847. The van der Waals surface area contributed by atoms with Gasteiger partial charge in [-0.05, 0) is 39.5 Å². The van der Waals surface area contributed by atoms with Crippen molar-refractivity contribution in [3.8, 4) is 0 Å². The van der Waals surface area contributed by atoms with E-state index in [1.54, 1.807) is 23.5 Å². The van der Waals surface area contributed by atoms with Crippen molar-refractivity contribution >= 4 is 50.4 Å². The summed E-state index contributed by atoms with van der Waals surface area (Å²) in [5, 5.41) is 5.61. The fourth-order valence-corrected chi connectivity index (χ4v) is 2.78. The zero-order valence-electron chi connectivity index (χ0n) is 8.21. The summed E-state index contributed by atoms with van der Waals surface area (Å²) in [5.41, 5.74) is 6.37. The van der Waals surface area contributed by atoms with Gasteiger partial charge in [0.15, 0.2) is 5.82 Å². The maximum atomic E-state index is 5.80. The summed E-state index contributed by atoms with van der Waals surface area (Å²) in [4.78, 5) is 5.32. The van der Waals surface area contributed by atoms with E-state index in [1.807, 2.05) is 11.4 Å². The van der Waals surface area contributed by atoms with Crippen molar-refractivity contribution in [3.63, 3.8) is 0 Å². The first kappa shape index (κ1) is 11.7. The number of nitrogens with two attached hydrogens (primary N) is 1. The number of aromatic nitrogens is 1. The summed E-state index contributed by atoms with van der Waals surface area (Å²) in [5.74, 6) is 0.618. The molecule has 0 aromatic carbocycles. The highest BCUT2D eigenvalue weighted by molar-refractivity contribution is 9.10. The number of nitrogen functional groups attached to an aromatic ring is 1. The van der Waals surface area contributed by atoms with Crippen molar-refractivity contribution in [3.05, 3.63) is 38.1 Å². The smallest absolute Gasteiger partial charge is 0.151 e. The molecular formula is C10H9BrClN3S. The molecule has 0 bridgehead atoms. The average molecular weight is 319 g/mol. The third kappa shape index (κ3) is 2.66. The monoisotopic (exact) mass is 317 g/mol. The molecule has 0 fully saturated rings. The van der Waals surface area contributed by atoms with Crippen molar-refractivity contribution in [1.29, 1.82) is 0 Å². The molecule has 0 spiro atoms. The van der Waals surface area contributed by atoms with Gasteiger partial charge in [-0.2, -0.15) is 0 Å². The summed E-state index contributed by atoms with van der Waals surface area (Å²) < 4.78 is 1.09. The fraction of sp³-hybridized carbons (Fsp3) is 0.100. The van der Waals surface area contributed by atoms with E-state index in [4.69, 9.17) is 17.3 Å². The Morgan fingerprint density at radius 1 is 1.44 bits per heavy atom. The number of nitrogens with one attached hydrogen (secondary N) is 1. The third-order valence-corrected chi connectivity index (χ3v) is 4.14. The number of pyridine rings is 1. The second-order valence-electron chi connectivity index (χ2n) is 3.12. The number of hydrogen-bond donors (Lipinski definition) is 2. The maximum absolute atomic E-state index is 5.80. The minimum atomic E-state index is 0.432. The molecule has 2 aromatic rings. The van der Waals surface area contributed by atoms with E-state index in [1.165, 1.54) is 4.88 Å². The first-order valence-electron chi connectivity index (χ1n) is 4.54. The van der Waals surface area contributed by atoms with Crippen molar-refractivity contribution in [1.82, 2.24) is 4.98 Å². The molecule has 0 saturated heterocycles. The molecule has 0 amide bonds. The van der Waals surface area contributed by atoms with Gasteiger partial charge in [0.1, 0.15) is 5.15 Å². The summed E-state index contributed by atoms with van der Waals surface area (Å²) in [6.45, 7) is 0.676. The van der Waals surface area contributed by atoms with Crippen LogP contribution in [-0.2, 0) is 6.54 Å². The van der Waals surface area contributed by atoms with Gasteiger partial charge in [0.05, 0.1) is 12.2 Å². The Balaban J connectivity index is 2.10. The number of rotatable bonds is 3. The van der Waals surface area contributed by atoms with Crippen LogP contribution < -0.4 is 11.1 Å². The molecule has 16 heavy (non-hydrogen) atoms. The van der Waals surface area contributed by atoms with Gasteiger partial charge in [0.2, 0.25) is 0 Å². The van der Waals surface area contributed by atoms with Gasteiger partial charge in [-0.25, -0.2) is 4.98 Å².